The van der Waals surface area contributed by atoms with Gasteiger partial charge in [-0.3, -0.25) is 4.79 Å². The molecule has 0 aliphatic carbocycles. The van der Waals surface area contributed by atoms with Crippen molar-refractivity contribution in [1.29, 1.82) is 0 Å². The average molecular weight is 172 g/mol. The van der Waals surface area contributed by atoms with Crippen LogP contribution in [0.15, 0.2) is 12.2 Å². The Labute approximate surface area is 73.4 Å². The zero-order valence-corrected chi connectivity index (χ0v) is 7.76. The van der Waals surface area contributed by atoms with E-state index < -0.39 is 0 Å². The van der Waals surface area contributed by atoms with Crippen molar-refractivity contribution in [3.05, 3.63) is 12.2 Å². The maximum Gasteiger partial charge on any atom is 0.307 e. The van der Waals surface area contributed by atoms with Crippen molar-refractivity contribution in [3.8, 4) is 0 Å². The molecule has 0 aliphatic heterocycles. The summed E-state index contributed by atoms with van der Waals surface area (Å²) >= 11 is 0. The van der Waals surface area contributed by atoms with E-state index >= 15 is 0 Å². The molecule has 0 aromatic rings. The highest BCUT2D eigenvalue weighted by molar-refractivity contribution is 5.69. The normalized spacial score (nSPS) is 9.50. The first kappa shape index (κ1) is 11.2. The number of hydrogen-bond donors (Lipinski definition) is 0. The Balaban J connectivity index is 3.11. The lowest BCUT2D eigenvalue weighted by molar-refractivity contribution is -0.141. The quantitative estimate of drug-likeness (QED) is 0.346. The van der Waals surface area contributed by atoms with Gasteiger partial charge in [-0.1, -0.05) is 5.57 Å². The van der Waals surface area contributed by atoms with E-state index in [-0.39, 0.29) is 5.97 Å². The monoisotopic (exact) mass is 172 g/mol. The topological polar surface area (TPSA) is 35.5 Å². The van der Waals surface area contributed by atoms with Gasteiger partial charge in [0.1, 0.15) is 0 Å². The Bertz CT molecular complexity index is 152. The Hall–Kier alpha value is -0.830. The van der Waals surface area contributed by atoms with Crippen molar-refractivity contribution in [1.82, 2.24) is 0 Å². The first-order valence-corrected chi connectivity index (χ1v) is 3.95. The van der Waals surface area contributed by atoms with Gasteiger partial charge in [-0.2, -0.15) is 0 Å². The molecule has 0 atom stereocenters. The molecule has 0 bridgehead atoms. The molecule has 0 rings (SSSR count). The van der Waals surface area contributed by atoms with Crippen LogP contribution in [0.5, 0.6) is 0 Å². The lowest BCUT2D eigenvalue weighted by Crippen LogP contribution is -2.06. The van der Waals surface area contributed by atoms with Crippen LogP contribution in [0.25, 0.3) is 0 Å². The van der Waals surface area contributed by atoms with Crippen LogP contribution in [-0.4, -0.2) is 26.3 Å². The molecule has 0 amide bonds. The van der Waals surface area contributed by atoms with Crippen LogP contribution in [0.4, 0.5) is 0 Å². The molecule has 0 heterocycles. The molecule has 0 radical (unpaired) electrons. The molecule has 3 heteroatoms. The van der Waals surface area contributed by atoms with Crippen molar-refractivity contribution >= 4 is 5.97 Å². The summed E-state index contributed by atoms with van der Waals surface area (Å²) in [5, 5.41) is 0. The van der Waals surface area contributed by atoms with Crippen molar-refractivity contribution in [2.75, 3.05) is 20.3 Å². The second-order valence-corrected chi connectivity index (χ2v) is 2.65. The first-order valence-electron chi connectivity index (χ1n) is 3.95. The van der Waals surface area contributed by atoms with Crippen LogP contribution in [0.2, 0.25) is 0 Å². The van der Waals surface area contributed by atoms with Crippen LogP contribution in [0.1, 0.15) is 19.8 Å². The van der Waals surface area contributed by atoms with Crippen molar-refractivity contribution in [2.45, 2.75) is 19.8 Å². The van der Waals surface area contributed by atoms with Crippen LogP contribution in [-0.2, 0) is 14.3 Å². The molecule has 12 heavy (non-hydrogen) atoms. The van der Waals surface area contributed by atoms with Gasteiger partial charge in [-0.15, -0.1) is 6.58 Å². The van der Waals surface area contributed by atoms with Gasteiger partial charge in [0.15, 0.2) is 0 Å². The summed E-state index contributed by atoms with van der Waals surface area (Å²) in [6.45, 7) is 6.74. The van der Waals surface area contributed by atoms with Gasteiger partial charge in [0.05, 0.1) is 26.7 Å². The molecule has 70 valence electrons. The van der Waals surface area contributed by atoms with E-state index in [1.165, 1.54) is 7.11 Å². The molecule has 0 aliphatic rings. The lowest BCUT2D eigenvalue weighted by Gasteiger charge is -2.02. The minimum absolute atomic E-state index is 0.231. The Morgan fingerprint density at radius 3 is 2.42 bits per heavy atom. The highest BCUT2D eigenvalue weighted by atomic mass is 16.5. The van der Waals surface area contributed by atoms with E-state index in [9.17, 15) is 4.79 Å². The van der Waals surface area contributed by atoms with Crippen molar-refractivity contribution in [3.63, 3.8) is 0 Å². The van der Waals surface area contributed by atoms with E-state index in [4.69, 9.17) is 4.74 Å². The van der Waals surface area contributed by atoms with Gasteiger partial charge in [-0.25, -0.2) is 0 Å². The zero-order chi connectivity index (χ0) is 9.40. The number of methoxy groups -OCH3 is 1. The van der Waals surface area contributed by atoms with E-state index in [1.807, 2.05) is 6.92 Å². The van der Waals surface area contributed by atoms with Crippen molar-refractivity contribution < 1.29 is 14.3 Å². The predicted octanol–water partition coefficient (Wildman–Crippen LogP) is 1.53. The molecule has 0 aromatic carbocycles. The van der Waals surface area contributed by atoms with Crippen LogP contribution in [0.3, 0.4) is 0 Å². The maximum atomic E-state index is 10.6. The summed E-state index contributed by atoms with van der Waals surface area (Å²) in [5.41, 5.74) is 1.09. The van der Waals surface area contributed by atoms with Gasteiger partial charge in [0.25, 0.3) is 0 Å². The molecule has 0 saturated carbocycles. The van der Waals surface area contributed by atoms with Gasteiger partial charge in [0, 0.05) is 0 Å². The molecule has 0 unspecified atom stereocenters. The third-order valence-electron chi connectivity index (χ3n) is 1.35. The first-order chi connectivity index (χ1) is 5.66. The summed E-state index contributed by atoms with van der Waals surface area (Å²) in [4.78, 5) is 10.6. The smallest absolute Gasteiger partial charge is 0.307 e. The molecular weight excluding hydrogens is 156 g/mol. The van der Waals surface area contributed by atoms with Crippen molar-refractivity contribution in [2.24, 2.45) is 0 Å². The molecule has 0 fully saturated rings. The summed E-state index contributed by atoms with van der Waals surface area (Å²) < 4.78 is 9.60. The molecule has 0 aromatic heterocycles. The second kappa shape index (κ2) is 6.85. The van der Waals surface area contributed by atoms with E-state index in [2.05, 4.69) is 11.3 Å². The maximum absolute atomic E-state index is 10.6. The van der Waals surface area contributed by atoms with Gasteiger partial charge in [0.2, 0.25) is 0 Å². The number of hydrogen-bond acceptors (Lipinski definition) is 3. The summed E-state index contributed by atoms with van der Waals surface area (Å²) in [6, 6.07) is 0. The summed E-state index contributed by atoms with van der Waals surface area (Å²) in [7, 11) is 1.37. The summed E-state index contributed by atoms with van der Waals surface area (Å²) in [6.07, 6.45) is 1.17. The highest BCUT2D eigenvalue weighted by Gasteiger charge is 1.98. The minimum Gasteiger partial charge on any atom is -0.469 e. The van der Waals surface area contributed by atoms with Gasteiger partial charge < -0.3 is 9.47 Å². The number of carbonyl (C=O) groups excluding carboxylic acids is 1. The standard InChI is InChI=1S/C9H16O3/c1-8(2)4-6-12-7-5-9(10)11-3/h1,4-7H2,2-3H3. The largest absolute Gasteiger partial charge is 0.469 e. The van der Waals surface area contributed by atoms with E-state index in [0.29, 0.717) is 19.6 Å². The Morgan fingerprint density at radius 1 is 1.33 bits per heavy atom. The third kappa shape index (κ3) is 7.28. The average Bonchev–Trinajstić information content (AvgIpc) is 2.03. The fraction of sp³-hybridized carbons (Fsp3) is 0.667. The van der Waals surface area contributed by atoms with E-state index in [1.54, 1.807) is 0 Å². The summed E-state index contributed by atoms with van der Waals surface area (Å²) in [5.74, 6) is -0.231. The minimum atomic E-state index is -0.231. The molecule has 0 saturated heterocycles. The second-order valence-electron chi connectivity index (χ2n) is 2.65. The molecule has 0 N–H and O–H groups in total. The Morgan fingerprint density at radius 2 is 1.92 bits per heavy atom. The van der Waals surface area contributed by atoms with Crippen LogP contribution in [0, 0.1) is 0 Å². The van der Waals surface area contributed by atoms with Gasteiger partial charge in [-0.05, 0) is 13.3 Å². The zero-order valence-electron chi connectivity index (χ0n) is 7.76. The van der Waals surface area contributed by atoms with Gasteiger partial charge >= 0.3 is 5.97 Å². The fourth-order valence-electron chi connectivity index (χ4n) is 0.606. The third-order valence-corrected chi connectivity index (χ3v) is 1.35. The molecule has 0 spiro atoms. The fourth-order valence-corrected chi connectivity index (χ4v) is 0.606. The lowest BCUT2D eigenvalue weighted by atomic mass is 10.3. The molecular formula is C9H16O3. The highest BCUT2D eigenvalue weighted by Crippen LogP contribution is 1.95. The predicted molar refractivity (Wildman–Crippen MR) is 46.9 cm³/mol. The SMILES string of the molecule is C=C(C)CCOCCC(=O)OC. The van der Waals surface area contributed by atoms with Crippen LogP contribution < -0.4 is 0 Å². The Kier molecular flexibility index (Phi) is 6.38. The van der Waals surface area contributed by atoms with Crippen LogP contribution >= 0.6 is 0 Å². The number of esters is 1. The van der Waals surface area contributed by atoms with E-state index in [0.717, 1.165) is 12.0 Å². The number of carbonyl (C=O) groups is 1. The molecule has 3 nitrogen and oxygen atoms in total. The number of rotatable bonds is 6. The number of ether oxygens (including phenoxy) is 2.